The van der Waals surface area contributed by atoms with Crippen LogP contribution in [0, 0.1) is 0 Å². The van der Waals surface area contributed by atoms with Crippen LogP contribution in [0.3, 0.4) is 0 Å². The standard InChI is InChI=1S/C11H17NO3/c1-15-10-6-3-2-5-9(10)11(14)12-7-4-8-13/h2-3,5-6,11-14H,4,7-8H2,1H3. The molecule has 0 radical (unpaired) electrons. The first-order valence-corrected chi connectivity index (χ1v) is 4.95. The summed E-state index contributed by atoms with van der Waals surface area (Å²) in [5, 5.41) is 21.3. The molecule has 1 aromatic carbocycles. The van der Waals surface area contributed by atoms with Crippen LogP contribution in [0.15, 0.2) is 24.3 Å². The SMILES string of the molecule is COc1ccccc1C(O)NCCCO. The van der Waals surface area contributed by atoms with Crippen molar-refractivity contribution in [2.75, 3.05) is 20.3 Å². The average Bonchev–Trinajstić information content (AvgIpc) is 2.29. The molecule has 4 heteroatoms. The van der Waals surface area contributed by atoms with Crippen molar-refractivity contribution in [1.29, 1.82) is 0 Å². The van der Waals surface area contributed by atoms with Crippen molar-refractivity contribution >= 4 is 0 Å². The molecule has 0 aromatic heterocycles. The second-order valence-electron chi connectivity index (χ2n) is 3.18. The molecule has 4 nitrogen and oxygen atoms in total. The third kappa shape index (κ3) is 3.51. The molecule has 0 spiro atoms. The number of aliphatic hydroxyl groups excluding tert-OH is 2. The summed E-state index contributed by atoms with van der Waals surface area (Å²) in [6, 6.07) is 7.29. The number of rotatable bonds is 6. The van der Waals surface area contributed by atoms with Crippen molar-refractivity contribution in [2.24, 2.45) is 0 Å². The largest absolute Gasteiger partial charge is 0.496 e. The van der Waals surface area contributed by atoms with Gasteiger partial charge in [0.2, 0.25) is 0 Å². The second-order valence-corrected chi connectivity index (χ2v) is 3.18. The summed E-state index contributed by atoms with van der Waals surface area (Å²) in [6.45, 7) is 0.682. The Kier molecular flexibility index (Phi) is 5.10. The van der Waals surface area contributed by atoms with Crippen molar-refractivity contribution < 1.29 is 14.9 Å². The Morgan fingerprint density at radius 3 is 2.80 bits per heavy atom. The summed E-state index contributed by atoms with van der Waals surface area (Å²) in [5.74, 6) is 0.654. The van der Waals surface area contributed by atoms with Crippen LogP contribution in [0.4, 0.5) is 0 Å². The zero-order valence-corrected chi connectivity index (χ0v) is 8.81. The molecule has 0 amide bonds. The highest BCUT2D eigenvalue weighted by Crippen LogP contribution is 2.22. The Bertz CT molecular complexity index is 291. The lowest BCUT2D eigenvalue weighted by molar-refractivity contribution is 0.132. The smallest absolute Gasteiger partial charge is 0.134 e. The van der Waals surface area contributed by atoms with Crippen LogP contribution in [0.5, 0.6) is 5.75 Å². The van der Waals surface area contributed by atoms with Crippen LogP contribution in [-0.2, 0) is 0 Å². The molecule has 0 heterocycles. The quantitative estimate of drug-likeness (QED) is 0.478. The first kappa shape index (κ1) is 12.0. The molecule has 0 saturated carbocycles. The van der Waals surface area contributed by atoms with Crippen LogP contribution in [0.1, 0.15) is 18.2 Å². The zero-order chi connectivity index (χ0) is 11.1. The highest BCUT2D eigenvalue weighted by molar-refractivity contribution is 5.34. The van der Waals surface area contributed by atoms with Gasteiger partial charge in [-0.05, 0) is 19.0 Å². The highest BCUT2D eigenvalue weighted by atomic mass is 16.5. The topological polar surface area (TPSA) is 61.7 Å². The van der Waals surface area contributed by atoms with E-state index in [-0.39, 0.29) is 6.61 Å². The van der Waals surface area contributed by atoms with Gasteiger partial charge in [-0.2, -0.15) is 0 Å². The maximum absolute atomic E-state index is 9.79. The van der Waals surface area contributed by atoms with Gasteiger partial charge in [-0.25, -0.2) is 0 Å². The summed E-state index contributed by atoms with van der Waals surface area (Å²) in [6.07, 6.45) is -0.139. The van der Waals surface area contributed by atoms with Crippen molar-refractivity contribution in [3.05, 3.63) is 29.8 Å². The number of nitrogens with one attached hydrogen (secondary N) is 1. The predicted molar refractivity (Wildman–Crippen MR) is 57.7 cm³/mol. The zero-order valence-electron chi connectivity index (χ0n) is 8.81. The Morgan fingerprint density at radius 1 is 1.40 bits per heavy atom. The summed E-state index contributed by atoms with van der Waals surface area (Å²) < 4.78 is 5.12. The lowest BCUT2D eigenvalue weighted by Crippen LogP contribution is -2.23. The summed E-state index contributed by atoms with van der Waals surface area (Å²) in [7, 11) is 1.57. The molecule has 84 valence electrons. The third-order valence-electron chi connectivity index (χ3n) is 2.11. The predicted octanol–water partition coefficient (Wildman–Crippen LogP) is 0.658. The monoisotopic (exact) mass is 211 g/mol. The second kappa shape index (κ2) is 6.40. The molecule has 3 N–H and O–H groups in total. The number of hydrogen-bond acceptors (Lipinski definition) is 4. The summed E-state index contributed by atoms with van der Waals surface area (Å²) in [5.41, 5.74) is 0.706. The molecular weight excluding hydrogens is 194 g/mol. The number of benzene rings is 1. The fourth-order valence-corrected chi connectivity index (χ4v) is 1.32. The van der Waals surface area contributed by atoms with E-state index in [9.17, 15) is 5.11 Å². The van der Waals surface area contributed by atoms with Crippen LogP contribution in [-0.4, -0.2) is 30.5 Å². The molecule has 0 aliphatic carbocycles. The Morgan fingerprint density at radius 2 is 2.13 bits per heavy atom. The van der Waals surface area contributed by atoms with Crippen molar-refractivity contribution in [3.8, 4) is 5.75 Å². The minimum absolute atomic E-state index is 0.117. The van der Waals surface area contributed by atoms with E-state index < -0.39 is 6.23 Å². The molecule has 0 aliphatic heterocycles. The van der Waals surface area contributed by atoms with Crippen LogP contribution in [0.2, 0.25) is 0 Å². The number of hydrogen-bond donors (Lipinski definition) is 3. The molecule has 15 heavy (non-hydrogen) atoms. The third-order valence-corrected chi connectivity index (χ3v) is 2.11. The molecule has 1 aromatic rings. The minimum Gasteiger partial charge on any atom is -0.496 e. The molecule has 0 aliphatic rings. The molecule has 0 fully saturated rings. The first-order chi connectivity index (χ1) is 7.29. The Balaban J connectivity index is 2.59. The molecule has 1 rings (SSSR count). The normalized spacial score (nSPS) is 12.5. The number of aliphatic hydroxyl groups is 2. The van der Waals surface area contributed by atoms with Gasteiger partial charge in [-0.3, -0.25) is 5.32 Å². The van der Waals surface area contributed by atoms with E-state index >= 15 is 0 Å². The van der Waals surface area contributed by atoms with E-state index in [1.807, 2.05) is 12.1 Å². The fourth-order valence-electron chi connectivity index (χ4n) is 1.32. The van der Waals surface area contributed by atoms with E-state index in [2.05, 4.69) is 5.32 Å². The van der Waals surface area contributed by atoms with Gasteiger partial charge < -0.3 is 14.9 Å². The van der Waals surface area contributed by atoms with Gasteiger partial charge in [0.15, 0.2) is 0 Å². The first-order valence-electron chi connectivity index (χ1n) is 4.95. The number of para-hydroxylation sites is 1. The van der Waals surface area contributed by atoms with Crippen LogP contribution >= 0.6 is 0 Å². The van der Waals surface area contributed by atoms with Crippen molar-refractivity contribution in [1.82, 2.24) is 5.32 Å². The Labute approximate surface area is 89.5 Å². The van der Waals surface area contributed by atoms with Gasteiger partial charge in [0.1, 0.15) is 12.0 Å². The lowest BCUT2D eigenvalue weighted by atomic mass is 10.1. The summed E-state index contributed by atoms with van der Waals surface area (Å²) in [4.78, 5) is 0. The maximum Gasteiger partial charge on any atom is 0.134 e. The molecule has 0 bridgehead atoms. The minimum atomic E-state index is -0.757. The van der Waals surface area contributed by atoms with E-state index in [1.54, 1.807) is 19.2 Å². The van der Waals surface area contributed by atoms with Gasteiger partial charge >= 0.3 is 0 Å². The van der Waals surface area contributed by atoms with Crippen molar-refractivity contribution in [3.63, 3.8) is 0 Å². The van der Waals surface area contributed by atoms with Gasteiger partial charge in [0, 0.05) is 12.2 Å². The van der Waals surface area contributed by atoms with E-state index in [4.69, 9.17) is 9.84 Å². The highest BCUT2D eigenvalue weighted by Gasteiger charge is 2.10. The van der Waals surface area contributed by atoms with Gasteiger partial charge in [-0.1, -0.05) is 18.2 Å². The average molecular weight is 211 g/mol. The fraction of sp³-hybridized carbons (Fsp3) is 0.455. The number of ether oxygens (including phenoxy) is 1. The molecule has 1 atom stereocenters. The van der Waals surface area contributed by atoms with Crippen LogP contribution < -0.4 is 10.1 Å². The van der Waals surface area contributed by atoms with Gasteiger partial charge in [0.25, 0.3) is 0 Å². The Hall–Kier alpha value is -1.10. The maximum atomic E-state index is 9.79. The van der Waals surface area contributed by atoms with E-state index in [0.29, 0.717) is 24.3 Å². The number of methoxy groups -OCH3 is 1. The molecule has 1 unspecified atom stereocenters. The summed E-state index contributed by atoms with van der Waals surface area (Å²) >= 11 is 0. The van der Waals surface area contributed by atoms with Crippen molar-refractivity contribution in [2.45, 2.75) is 12.6 Å². The van der Waals surface area contributed by atoms with Gasteiger partial charge in [-0.15, -0.1) is 0 Å². The van der Waals surface area contributed by atoms with E-state index in [1.165, 1.54) is 0 Å². The van der Waals surface area contributed by atoms with Gasteiger partial charge in [0.05, 0.1) is 7.11 Å². The van der Waals surface area contributed by atoms with E-state index in [0.717, 1.165) is 0 Å². The molecule has 0 saturated heterocycles. The van der Waals surface area contributed by atoms with Crippen LogP contribution in [0.25, 0.3) is 0 Å². The lowest BCUT2D eigenvalue weighted by Gasteiger charge is -2.15. The molecular formula is C11H17NO3.